The summed E-state index contributed by atoms with van der Waals surface area (Å²) in [6, 6.07) is 0. The third-order valence-corrected chi connectivity index (χ3v) is 8.10. The summed E-state index contributed by atoms with van der Waals surface area (Å²) in [5.74, 6) is 1.24. The second kappa shape index (κ2) is 10.3. The summed E-state index contributed by atoms with van der Waals surface area (Å²) in [4.78, 5) is 2.29. The van der Waals surface area contributed by atoms with Crippen molar-refractivity contribution in [2.75, 3.05) is 26.4 Å². The minimum Gasteiger partial charge on any atom is -0.308 e. The molecule has 0 spiro atoms. The first-order valence-corrected chi connectivity index (χ1v) is 10.3. The summed E-state index contributed by atoms with van der Waals surface area (Å²) in [7, 11) is 12.4. The lowest BCUT2D eigenvalue weighted by atomic mass is 10.4. The Hall–Kier alpha value is 1.36. The zero-order chi connectivity index (χ0) is 12.6. The van der Waals surface area contributed by atoms with Gasteiger partial charge in [-0.15, -0.1) is 0 Å². The maximum Gasteiger partial charge on any atom is 0.0377 e. The number of rotatable bonds is 9. The summed E-state index contributed by atoms with van der Waals surface area (Å²) in [6.07, 6.45) is 0. The average Bonchev–Trinajstić information content (AvgIpc) is 2.12. The van der Waals surface area contributed by atoms with Crippen molar-refractivity contribution >= 4 is 43.2 Å². The van der Waals surface area contributed by atoms with E-state index < -0.39 is 0 Å². The van der Waals surface area contributed by atoms with Gasteiger partial charge in [0.25, 0.3) is 0 Å². The van der Waals surface area contributed by atoms with Gasteiger partial charge in [-0.25, -0.2) is 0 Å². The van der Waals surface area contributed by atoms with Crippen molar-refractivity contribution in [2.45, 2.75) is 43.4 Å². The Morgan fingerprint density at radius 2 is 1.44 bits per heavy atom. The van der Waals surface area contributed by atoms with E-state index in [-0.39, 0.29) is 0 Å². The van der Waals surface area contributed by atoms with Gasteiger partial charge in [0.2, 0.25) is 0 Å². The van der Waals surface area contributed by atoms with Crippen LogP contribution >= 0.6 is 43.2 Å². The third kappa shape index (κ3) is 11.8. The predicted molar refractivity (Wildman–Crippen MR) is 87.8 cm³/mol. The first kappa shape index (κ1) is 17.4. The third-order valence-electron chi connectivity index (χ3n) is 1.47. The van der Waals surface area contributed by atoms with Crippen LogP contribution in [0.1, 0.15) is 27.7 Å². The summed E-state index contributed by atoms with van der Waals surface area (Å²) in [6.45, 7) is 10.2. The molecule has 1 unspecified atom stereocenters. The Balaban J connectivity index is 3.81. The molecule has 0 aliphatic rings. The molecule has 0 bridgehead atoms. The molecule has 0 heterocycles. The maximum absolute atomic E-state index is 2.29. The largest absolute Gasteiger partial charge is 0.308 e. The van der Waals surface area contributed by atoms with Gasteiger partial charge < -0.3 is 4.90 Å². The zero-order valence-electron chi connectivity index (χ0n) is 11.2. The van der Waals surface area contributed by atoms with E-state index in [4.69, 9.17) is 0 Å². The van der Waals surface area contributed by atoms with Crippen LogP contribution in [0.5, 0.6) is 0 Å². The molecule has 1 atom stereocenters. The lowest BCUT2D eigenvalue weighted by Crippen LogP contribution is -2.25. The van der Waals surface area contributed by atoms with Gasteiger partial charge in [-0.2, -0.15) is 0 Å². The number of nitrogens with zero attached hydrogens (tertiary/aromatic N) is 1. The molecule has 0 saturated carbocycles. The highest BCUT2D eigenvalue weighted by molar-refractivity contribution is 8.78. The molecule has 0 fully saturated rings. The van der Waals surface area contributed by atoms with E-state index in [2.05, 4.69) is 57.5 Å². The van der Waals surface area contributed by atoms with Crippen LogP contribution in [0.4, 0.5) is 0 Å². The molecule has 0 rings (SSSR count). The second-order valence-electron chi connectivity index (χ2n) is 4.55. The molecule has 0 aromatic rings. The Morgan fingerprint density at radius 1 is 0.875 bits per heavy atom. The van der Waals surface area contributed by atoms with E-state index in [0.29, 0.717) is 0 Å². The fourth-order valence-electron chi connectivity index (χ4n) is 0.959. The van der Waals surface area contributed by atoms with Crippen LogP contribution in [-0.4, -0.2) is 47.0 Å². The standard InChI is InChI=1S/C11H25NS4/c1-9(2)14-13-8-11(7-12(5)6)16-15-10(3)4/h9-11H,7-8H2,1-6H3. The normalized spacial score (nSPS) is 14.1. The van der Waals surface area contributed by atoms with E-state index in [1.165, 1.54) is 12.3 Å². The van der Waals surface area contributed by atoms with Crippen molar-refractivity contribution in [3.63, 3.8) is 0 Å². The van der Waals surface area contributed by atoms with E-state index in [1.807, 2.05) is 32.4 Å². The van der Waals surface area contributed by atoms with Crippen molar-refractivity contribution in [1.29, 1.82) is 0 Å². The van der Waals surface area contributed by atoms with Gasteiger partial charge in [-0.05, 0) is 14.1 Å². The molecule has 98 valence electrons. The molecule has 0 radical (unpaired) electrons. The van der Waals surface area contributed by atoms with Gasteiger partial charge in [-0.1, -0.05) is 70.9 Å². The van der Waals surface area contributed by atoms with Gasteiger partial charge in [0.1, 0.15) is 0 Å². The fourth-order valence-corrected chi connectivity index (χ4v) is 6.36. The minimum atomic E-state index is 0.720. The van der Waals surface area contributed by atoms with E-state index >= 15 is 0 Å². The monoisotopic (exact) mass is 299 g/mol. The summed E-state index contributed by atoms with van der Waals surface area (Å²) in [5, 5.41) is 2.18. The highest BCUT2D eigenvalue weighted by Gasteiger charge is 2.13. The van der Waals surface area contributed by atoms with Gasteiger partial charge in [-0.3, -0.25) is 0 Å². The fraction of sp³-hybridized carbons (Fsp3) is 1.00. The second-order valence-corrected chi connectivity index (χ2v) is 10.7. The molecule has 1 nitrogen and oxygen atoms in total. The topological polar surface area (TPSA) is 3.24 Å². The van der Waals surface area contributed by atoms with E-state index in [0.717, 1.165) is 15.7 Å². The van der Waals surface area contributed by atoms with Gasteiger partial charge in [0.05, 0.1) is 0 Å². The molecular weight excluding hydrogens is 274 g/mol. The van der Waals surface area contributed by atoms with Crippen LogP contribution in [0.15, 0.2) is 0 Å². The molecule has 0 aromatic heterocycles. The zero-order valence-corrected chi connectivity index (χ0v) is 14.5. The highest BCUT2D eigenvalue weighted by Crippen LogP contribution is 2.36. The molecule has 0 amide bonds. The van der Waals surface area contributed by atoms with Gasteiger partial charge >= 0.3 is 0 Å². The van der Waals surface area contributed by atoms with Crippen molar-refractivity contribution in [3.8, 4) is 0 Å². The summed E-state index contributed by atoms with van der Waals surface area (Å²) in [5.41, 5.74) is 0. The van der Waals surface area contributed by atoms with Gasteiger partial charge in [0, 0.05) is 28.0 Å². The summed E-state index contributed by atoms with van der Waals surface area (Å²) < 4.78 is 0. The molecule has 16 heavy (non-hydrogen) atoms. The van der Waals surface area contributed by atoms with Crippen LogP contribution in [0.3, 0.4) is 0 Å². The van der Waals surface area contributed by atoms with Crippen molar-refractivity contribution in [2.24, 2.45) is 0 Å². The lowest BCUT2D eigenvalue weighted by Gasteiger charge is -2.20. The maximum atomic E-state index is 2.29. The van der Waals surface area contributed by atoms with E-state index in [1.54, 1.807) is 0 Å². The average molecular weight is 300 g/mol. The Morgan fingerprint density at radius 3 is 1.88 bits per heavy atom. The predicted octanol–water partition coefficient (Wildman–Crippen LogP) is 4.50. The molecule has 0 aliphatic carbocycles. The van der Waals surface area contributed by atoms with Crippen LogP contribution in [0.25, 0.3) is 0 Å². The minimum absolute atomic E-state index is 0.720. The first-order chi connectivity index (χ1) is 7.41. The van der Waals surface area contributed by atoms with Crippen LogP contribution in [0, 0.1) is 0 Å². The lowest BCUT2D eigenvalue weighted by molar-refractivity contribution is 0.415. The Bertz CT molecular complexity index is 162. The van der Waals surface area contributed by atoms with Gasteiger partial charge in [0.15, 0.2) is 0 Å². The molecular formula is C11H25NS4. The summed E-state index contributed by atoms with van der Waals surface area (Å²) >= 11 is 0. The number of hydrogen-bond donors (Lipinski definition) is 0. The highest BCUT2D eigenvalue weighted by atomic mass is 33.1. The van der Waals surface area contributed by atoms with Crippen LogP contribution < -0.4 is 0 Å². The molecule has 0 N–H and O–H groups in total. The molecule has 0 aromatic carbocycles. The Kier molecular flexibility index (Phi) is 11.2. The SMILES string of the molecule is CC(C)SSCC(CN(C)C)SSC(C)C. The van der Waals surface area contributed by atoms with Crippen molar-refractivity contribution in [1.82, 2.24) is 4.90 Å². The van der Waals surface area contributed by atoms with Crippen LogP contribution in [-0.2, 0) is 0 Å². The number of hydrogen-bond acceptors (Lipinski definition) is 5. The van der Waals surface area contributed by atoms with Crippen LogP contribution in [0.2, 0.25) is 0 Å². The quantitative estimate of drug-likeness (QED) is 0.575. The van der Waals surface area contributed by atoms with Crippen molar-refractivity contribution < 1.29 is 0 Å². The Labute approximate surface area is 117 Å². The van der Waals surface area contributed by atoms with E-state index in [9.17, 15) is 0 Å². The molecule has 5 heteroatoms. The molecule has 0 saturated heterocycles. The first-order valence-electron chi connectivity index (χ1n) is 5.67. The van der Waals surface area contributed by atoms with Crippen molar-refractivity contribution in [3.05, 3.63) is 0 Å². The molecule has 0 aliphatic heterocycles. The smallest absolute Gasteiger partial charge is 0.0377 e.